The summed E-state index contributed by atoms with van der Waals surface area (Å²) < 4.78 is 0. The zero-order valence-electron chi connectivity index (χ0n) is 27.0. The third kappa shape index (κ3) is 4.07. The van der Waals surface area contributed by atoms with Gasteiger partial charge in [0, 0.05) is 13.1 Å². The molecule has 5 fully saturated rings. The van der Waals surface area contributed by atoms with Crippen molar-refractivity contribution >= 4 is 5.91 Å². The molecule has 6 aliphatic rings. The number of nitrogens with zero attached hydrogens (tertiary/aromatic N) is 1. The Balaban J connectivity index is 1.32. The van der Waals surface area contributed by atoms with E-state index in [1.165, 1.54) is 38.8 Å². The van der Waals surface area contributed by atoms with Crippen LogP contribution in [0, 0.1) is 50.2 Å². The Labute approximate surface area is 245 Å². The molecule has 0 aromatic rings. The van der Waals surface area contributed by atoms with Crippen molar-refractivity contribution in [3.8, 4) is 0 Å². The van der Waals surface area contributed by atoms with Gasteiger partial charge in [-0.2, -0.15) is 0 Å². The van der Waals surface area contributed by atoms with E-state index in [4.69, 9.17) is 0 Å². The largest absolute Gasteiger partial charge is 0.393 e. The second-order valence-electron chi connectivity index (χ2n) is 17.6. The van der Waals surface area contributed by atoms with Crippen molar-refractivity contribution in [1.29, 1.82) is 0 Å². The third-order valence-electron chi connectivity index (χ3n) is 15.0. The lowest BCUT2D eigenvalue weighted by Crippen LogP contribution is -2.65. The van der Waals surface area contributed by atoms with Gasteiger partial charge in [0.15, 0.2) is 0 Å². The fraction of sp³-hybridized carbons (Fsp3) is 0.917. The first-order valence-corrected chi connectivity index (χ1v) is 17.1. The molecule has 1 saturated heterocycles. The Bertz CT molecular complexity index is 1040. The summed E-state index contributed by atoms with van der Waals surface area (Å²) in [5.74, 6) is 1.96. The van der Waals surface area contributed by atoms with Crippen LogP contribution in [0.3, 0.4) is 0 Å². The van der Waals surface area contributed by atoms with Gasteiger partial charge in [0.05, 0.1) is 11.5 Å². The van der Waals surface area contributed by atoms with Gasteiger partial charge in [0.25, 0.3) is 0 Å². The molecule has 2 N–H and O–H groups in total. The van der Waals surface area contributed by atoms with Crippen LogP contribution in [0.5, 0.6) is 0 Å². The monoisotopic (exact) mass is 552 g/mol. The molecule has 0 radical (unpaired) electrons. The zero-order chi connectivity index (χ0) is 28.8. The van der Waals surface area contributed by atoms with E-state index in [2.05, 4.69) is 64.8 Å². The summed E-state index contributed by atoms with van der Waals surface area (Å²) in [5.41, 5.74) is 2.39. The smallest absolute Gasteiger partial charge is 0.226 e. The fourth-order valence-corrected chi connectivity index (χ4v) is 12.1. The normalized spacial score (nSPS) is 47.8. The van der Waals surface area contributed by atoms with Crippen molar-refractivity contribution in [3.05, 3.63) is 11.6 Å². The molecule has 4 nitrogen and oxygen atoms in total. The Morgan fingerprint density at radius 1 is 0.925 bits per heavy atom. The minimum atomic E-state index is -0.229. The molecule has 0 aromatic heterocycles. The second-order valence-corrected chi connectivity index (χ2v) is 17.6. The first-order chi connectivity index (χ1) is 18.7. The molecule has 226 valence electrons. The van der Waals surface area contributed by atoms with Crippen LogP contribution < -0.4 is 5.32 Å². The van der Waals surface area contributed by atoms with Gasteiger partial charge in [-0.05, 0) is 135 Å². The Morgan fingerprint density at radius 2 is 1.62 bits per heavy atom. The summed E-state index contributed by atoms with van der Waals surface area (Å²) in [6.45, 7) is 21.6. The Morgan fingerprint density at radius 3 is 2.35 bits per heavy atom. The summed E-state index contributed by atoms with van der Waals surface area (Å²) in [4.78, 5) is 16.8. The highest BCUT2D eigenvalue weighted by atomic mass is 16.3. The van der Waals surface area contributed by atoms with Crippen LogP contribution in [0.15, 0.2) is 11.6 Å². The number of fused-ring (bicyclic) bond motifs is 7. The van der Waals surface area contributed by atoms with E-state index in [9.17, 15) is 9.90 Å². The van der Waals surface area contributed by atoms with Crippen molar-refractivity contribution in [1.82, 2.24) is 10.2 Å². The number of hydrogen-bond acceptors (Lipinski definition) is 3. The molecule has 0 aromatic carbocycles. The van der Waals surface area contributed by atoms with Crippen LogP contribution in [-0.2, 0) is 4.79 Å². The summed E-state index contributed by atoms with van der Waals surface area (Å²) in [7, 11) is 0. The molecule has 5 aliphatic carbocycles. The number of carbonyl (C=O) groups is 1. The molecule has 1 amide bonds. The molecule has 40 heavy (non-hydrogen) atoms. The molecule has 4 heteroatoms. The van der Waals surface area contributed by atoms with Crippen molar-refractivity contribution in [3.63, 3.8) is 0 Å². The zero-order valence-corrected chi connectivity index (χ0v) is 27.0. The number of aliphatic hydroxyl groups is 1. The molecule has 8 atom stereocenters. The summed E-state index contributed by atoms with van der Waals surface area (Å²) in [6, 6.07) is 0. The number of amides is 1. The van der Waals surface area contributed by atoms with E-state index in [-0.39, 0.29) is 38.6 Å². The molecule has 1 aliphatic heterocycles. The summed E-state index contributed by atoms with van der Waals surface area (Å²) >= 11 is 0. The topological polar surface area (TPSA) is 52.6 Å². The number of allylic oxidation sites excluding steroid dienone is 2. The standard InChI is InChI=1S/C36H60N2O2/c1-31(2)16-18-36(30(40)37-20-23-38-21-8-9-22-38)19-17-34(6)25(26(36)24-31)10-11-28-33(5)14-13-29(39)32(3,4)27(33)12-15-35(28,34)7/h10,26-29,39H,8-9,11-24H2,1-7H3,(H,37,40)/t26-,27-,28+,29-,33-,34+,35+,36-/m0/s1. The van der Waals surface area contributed by atoms with Crippen LogP contribution in [0.25, 0.3) is 0 Å². The number of carbonyl (C=O) groups excluding carboxylic acids is 1. The maximum atomic E-state index is 14.2. The van der Waals surface area contributed by atoms with Gasteiger partial charge in [0.1, 0.15) is 0 Å². The van der Waals surface area contributed by atoms with Crippen LogP contribution in [0.1, 0.15) is 126 Å². The number of aliphatic hydroxyl groups excluding tert-OH is 1. The van der Waals surface area contributed by atoms with Gasteiger partial charge >= 0.3 is 0 Å². The van der Waals surface area contributed by atoms with Gasteiger partial charge in [0.2, 0.25) is 5.91 Å². The highest BCUT2D eigenvalue weighted by Crippen LogP contribution is 2.75. The lowest BCUT2D eigenvalue weighted by atomic mass is 9.33. The molecular formula is C36H60N2O2. The molecule has 0 unspecified atom stereocenters. The van der Waals surface area contributed by atoms with Crippen molar-refractivity contribution in [2.45, 2.75) is 132 Å². The fourth-order valence-electron chi connectivity index (χ4n) is 12.1. The van der Waals surface area contributed by atoms with E-state index in [1.54, 1.807) is 5.57 Å². The minimum absolute atomic E-state index is 0.0124. The van der Waals surface area contributed by atoms with Gasteiger partial charge in [-0.25, -0.2) is 0 Å². The van der Waals surface area contributed by atoms with Gasteiger partial charge in [-0.3, -0.25) is 4.79 Å². The average Bonchev–Trinajstić information content (AvgIpc) is 3.40. The van der Waals surface area contributed by atoms with E-state index >= 15 is 0 Å². The maximum absolute atomic E-state index is 14.2. The third-order valence-corrected chi connectivity index (χ3v) is 15.0. The maximum Gasteiger partial charge on any atom is 0.226 e. The lowest BCUT2D eigenvalue weighted by Gasteiger charge is -2.71. The highest BCUT2D eigenvalue weighted by Gasteiger charge is 2.69. The molecule has 0 bridgehead atoms. The summed E-state index contributed by atoms with van der Waals surface area (Å²) in [5, 5.41) is 14.5. The van der Waals surface area contributed by atoms with Crippen LogP contribution in [0.2, 0.25) is 0 Å². The number of likely N-dealkylation sites (tertiary alicyclic amines) is 1. The number of nitrogens with one attached hydrogen (secondary N) is 1. The van der Waals surface area contributed by atoms with Gasteiger partial charge < -0.3 is 15.3 Å². The van der Waals surface area contributed by atoms with Crippen LogP contribution in [-0.4, -0.2) is 48.2 Å². The summed E-state index contributed by atoms with van der Waals surface area (Å²) in [6.07, 6.45) is 16.4. The first-order valence-electron chi connectivity index (χ1n) is 17.1. The number of hydrogen-bond donors (Lipinski definition) is 2. The number of rotatable bonds is 4. The lowest BCUT2D eigenvalue weighted by molar-refractivity contribution is -0.203. The quantitative estimate of drug-likeness (QED) is 0.358. The highest BCUT2D eigenvalue weighted by molar-refractivity contribution is 5.84. The van der Waals surface area contributed by atoms with E-state index in [0.29, 0.717) is 23.7 Å². The molecule has 1 heterocycles. The average molecular weight is 553 g/mol. The van der Waals surface area contributed by atoms with Crippen molar-refractivity contribution < 1.29 is 9.90 Å². The van der Waals surface area contributed by atoms with Crippen LogP contribution >= 0.6 is 0 Å². The predicted molar refractivity (Wildman–Crippen MR) is 164 cm³/mol. The van der Waals surface area contributed by atoms with Gasteiger partial charge in [-0.15, -0.1) is 0 Å². The Hall–Kier alpha value is -0.870. The predicted octanol–water partition coefficient (Wildman–Crippen LogP) is 7.36. The molecular weight excluding hydrogens is 492 g/mol. The first kappa shape index (κ1) is 29.2. The van der Waals surface area contributed by atoms with Crippen LogP contribution in [0.4, 0.5) is 0 Å². The molecule has 4 saturated carbocycles. The van der Waals surface area contributed by atoms with Crippen molar-refractivity contribution in [2.24, 2.45) is 50.2 Å². The SMILES string of the molecule is CC1(C)CC[C@]2(C(=O)NCCN3CCCC3)CC[C@]3(C)C(=CC[C@@H]4[C@@]5(C)CC[C@H](O)C(C)(C)[C@@H]5CC[C@]43C)[C@@H]2C1. The Kier molecular flexibility index (Phi) is 6.99. The van der Waals surface area contributed by atoms with Crippen molar-refractivity contribution in [2.75, 3.05) is 26.2 Å². The van der Waals surface area contributed by atoms with Gasteiger partial charge in [-0.1, -0.05) is 60.1 Å². The van der Waals surface area contributed by atoms with E-state index in [1.807, 2.05) is 0 Å². The van der Waals surface area contributed by atoms with E-state index < -0.39 is 0 Å². The molecule has 6 rings (SSSR count). The second kappa shape index (κ2) is 9.57. The van der Waals surface area contributed by atoms with E-state index in [0.717, 1.165) is 64.5 Å². The molecule has 0 spiro atoms. The minimum Gasteiger partial charge on any atom is -0.393 e.